The first-order valence-electron chi connectivity index (χ1n) is 9.19. The molecule has 0 aliphatic rings. The van der Waals surface area contributed by atoms with Crippen LogP contribution in [-0.4, -0.2) is 27.3 Å². The molecule has 2 aromatic rings. The Labute approximate surface area is 164 Å². The van der Waals surface area contributed by atoms with Crippen LogP contribution in [0.25, 0.3) is 0 Å². The number of hydrogen-bond donors (Lipinski definition) is 1. The maximum absolute atomic E-state index is 6.24. The fourth-order valence-corrected chi connectivity index (χ4v) is 3.37. The molecule has 145 valence electrons. The number of anilines is 1. The van der Waals surface area contributed by atoms with Crippen molar-refractivity contribution in [2.75, 3.05) is 12.5 Å². The van der Waals surface area contributed by atoms with Crippen molar-refractivity contribution in [3.8, 4) is 11.5 Å². The molecule has 0 atom stereocenters. The summed E-state index contributed by atoms with van der Waals surface area (Å²) in [6.07, 6.45) is 7.01. The van der Waals surface area contributed by atoms with Gasteiger partial charge in [-0.15, -0.1) is 0 Å². The maximum atomic E-state index is 6.24. The summed E-state index contributed by atoms with van der Waals surface area (Å²) in [7, 11) is 0.817. The SMILES string of the molecule is COc1c(C(C)(C)C)ccc(CCC=NNc2ccncc2)c1O[Si](C)C. The molecule has 5 nitrogen and oxygen atoms in total. The van der Waals surface area contributed by atoms with Crippen molar-refractivity contribution in [2.45, 2.75) is 52.1 Å². The molecule has 0 spiro atoms. The number of pyridine rings is 1. The number of ether oxygens (including phenoxy) is 1. The Morgan fingerprint density at radius 2 is 1.81 bits per heavy atom. The van der Waals surface area contributed by atoms with Gasteiger partial charge in [0, 0.05) is 24.2 Å². The smallest absolute Gasteiger partial charge is 0.274 e. The van der Waals surface area contributed by atoms with Gasteiger partial charge in [0.05, 0.1) is 12.8 Å². The highest BCUT2D eigenvalue weighted by Crippen LogP contribution is 2.41. The van der Waals surface area contributed by atoms with Gasteiger partial charge in [-0.1, -0.05) is 32.9 Å². The normalized spacial score (nSPS) is 11.8. The van der Waals surface area contributed by atoms with Crippen LogP contribution in [-0.2, 0) is 11.8 Å². The molecule has 1 N–H and O–H groups in total. The maximum Gasteiger partial charge on any atom is 0.274 e. The molecule has 0 unspecified atom stereocenters. The van der Waals surface area contributed by atoms with Crippen LogP contribution < -0.4 is 14.6 Å². The van der Waals surface area contributed by atoms with Crippen LogP contribution in [0.4, 0.5) is 5.69 Å². The number of hydrogen-bond acceptors (Lipinski definition) is 5. The first-order chi connectivity index (χ1) is 12.8. The molecule has 1 radical (unpaired) electrons. The van der Waals surface area contributed by atoms with Crippen molar-refractivity contribution in [3.05, 3.63) is 47.8 Å². The minimum atomic E-state index is -0.905. The van der Waals surface area contributed by atoms with Crippen molar-refractivity contribution in [3.63, 3.8) is 0 Å². The lowest BCUT2D eigenvalue weighted by molar-refractivity contribution is 0.377. The molecule has 27 heavy (non-hydrogen) atoms. The summed E-state index contributed by atoms with van der Waals surface area (Å²) in [5.74, 6) is 1.75. The van der Waals surface area contributed by atoms with Crippen LogP contribution in [0.15, 0.2) is 41.8 Å². The monoisotopic (exact) mass is 384 g/mol. The van der Waals surface area contributed by atoms with E-state index in [0.717, 1.165) is 35.6 Å². The highest BCUT2D eigenvalue weighted by atomic mass is 28.3. The number of rotatable bonds is 8. The molecular formula is C21H30N3O2Si. The van der Waals surface area contributed by atoms with Gasteiger partial charge < -0.3 is 9.16 Å². The quantitative estimate of drug-likeness (QED) is 0.393. The molecule has 1 aromatic carbocycles. The Bertz CT molecular complexity index is 756. The van der Waals surface area contributed by atoms with E-state index < -0.39 is 9.04 Å². The van der Waals surface area contributed by atoms with E-state index in [9.17, 15) is 0 Å². The first kappa shape index (κ1) is 21.0. The van der Waals surface area contributed by atoms with Crippen molar-refractivity contribution >= 4 is 20.9 Å². The van der Waals surface area contributed by atoms with E-state index in [2.05, 4.69) is 61.5 Å². The number of aryl methyl sites for hydroxylation is 1. The molecule has 0 aliphatic heterocycles. The van der Waals surface area contributed by atoms with Crippen molar-refractivity contribution in [2.24, 2.45) is 5.10 Å². The molecule has 0 amide bonds. The number of hydrazone groups is 1. The van der Waals surface area contributed by atoms with Crippen molar-refractivity contribution < 1.29 is 9.16 Å². The van der Waals surface area contributed by atoms with Crippen LogP contribution in [0.5, 0.6) is 11.5 Å². The lowest BCUT2D eigenvalue weighted by atomic mass is 9.85. The number of nitrogens with one attached hydrogen (secondary N) is 1. The van der Waals surface area contributed by atoms with E-state index in [1.54, 1.807) is 19.5 Å². The van der Waals surface area contributed by atoms with Gasteiger partial charge in [0.1, 0.15) is 5.75 Å². The predicted octanol–water partition coefficient (Wildman–Crippen LogP) is 5.05. The van der Waals surface area contributed by atoms with Crippen molar-refractivity contribution in [1.29, 1.82) is 0 Å². The topological polar surface area (TPSA) is 55.7 Å². The minimum Gasteiger partial charge on any atom is -0.540 e. The molecule has 0 aliphatic carbocycles. The molecule has 1 heterocycles. The van der Waals surface area contributed by atoms with E-state index >= 15 is 0 Å². The van der Waals surface area contributed by atoms with Crippen LogP contribution in [0.3, 0.4) is 0 Å². The molecule has 2 rings (SSSR count). The second-order valence-electron chi connectivity index (χ2n) is 7.59. The second kappa shape index (κ2) is 9.55. The van der Waals surface area contributed by atoms with Crippen LogP contribution in [0, 0.1) is 0 Å². The van der Waals surface area contributed by atoms with Crippen LogP contribution in [0.1, 0.15) is 38.3 Å². The third kappa shape index (κ3) is 6.10. The van der Waals surface area contributed by atoms with E-state index in [1.807, 2.05) is 18.3 Å². The van der Waals surface area contributed by atoms with E-state index in [1.165, 1.54) is 5.56 Å². The summed E-state index contributed by atoms with van der Waals surface area (Å²) in [5.41, 5.74) is 6.24. The van der Waals surface area contributed by atoms with E-state index in [0.29, 0.717) is 0 Å². The summed E-state index contributed by atoms with van der Waals surface area (Å²) in [6.45, 7) is 10.8. The molecule has 0 bridgehead atoms. The Kier molecular flexibility index (Phi) is 7.42. The molecule has 0 saturated heterocycles. The largest absolute Gasteiger partial charge is 0.540 e. The van der Waals surface area contributed by atoms with E-state index in [4.69, 9.17) is 9.16 Å². The van der Waals surface area contributed by atoms with Crippen LogP contribution >= 0.6 is 0 Å². The van der Waals surface area contributed by atoms with Gasteiger partial charge >= 0.3 is 0 Å². The third-order valence-electron chi connectivity index (χ3n) is 4.02. The minimum absolute atomic E-state index is 0.00765. The summed E-state index contributed by atoms with van der Waals surface area (Å²) in [5, 5.41) is 4.28. The molecular weight excluding hydrogens is 354 g/mol. The van der Waals surface area contributed by atoms with Crippen molar-refractivity contribution in [1.82, 2.24) is 4.98 Å². The van der Waals surface area contributed by atoms with Gasteiger partial charge in [0.15, 0.2) is 5.75 Å². The molecule has 0 saturated carbocycles. The van der Waals surface area contributed by atoms with Gasteiger partial charge in [-0.3, -0.25) is 10.4 Å². The second-order valence-corrected chi connectivity index (χ2v) is 9.61. The zero-order valence-electron chi connectivity index (χ0n) is 17.2. The van der Waals surface area contributed by atoms with Gasteiger partial charge in [0.25, 0.3) is 9.04 Å². The number of aromatic nitrogens is 1. The average molecular weight is 385 g/mol. The summed E-state index contributed by atoms with van der Waals surface area (Å²) in [6, 6.07) is 8.08. The summed E-state index contributed by atoms with van der Waals surface area (Å²) in [4.78, 5) is 3.99. The number of methoxy groups -OCH3 is 1. The molecule has 6 heteroatoms. The van der Waals surface area contributed by atoms with E-state index in [-0.39, 0.29) is 5.41 Å². The van der Waals surface area contributed by atoms with Crippen LogP contribution in [0.2, 0.25) is 13.1 Å². The Hall–Kier alpha value is -2.34. The standard InChI is InChI=1S/C21H30N3O2Si/c1-21(2,3)18-10-9-16(19(20(18)25-4)26-27(5)6)8-7-13-23-24-17-11-14-22-15-12-17/h9-15H,7-8H2,1-6H3,(H,22,24). The fourth-order valence-electron chi connectivity index (χ4n) is 2.74. The Morgan fingerprint density at radius 3 is 2.41 bits per heavy atom. The zero-order valence-corrected chi connectivity index (χ0v) is 18.2. The predicted molar refractivity (Wildman–Crippen MR) is 114 cm³/mol. The third-order valence-corrected chi connectivity index (χ3v) is 4.63. The Morgan fingerprint density at radius 1 is 1.11 bits per heavy atom. The van der Waals surface area contributed by atoms with Gasteiger partial charge in [-0.25, -0.2) is 0 Å². The molecule has 1 aromatic heterocycles. The first-order valence-corrected chi connectivity index (χ1v) is 11.6. The van der Waals surface area contributed by atoms with Gasteiger partial charge in [-0.05, 0) is 49.0 Å². The van der Waals surface area contributed by atoms with Gasteiger partial charge in [-0.2, -0.15) is 5.10 Å². The number of benzene rings is 1. The lowest BCUT2D eigenvalue weighted by Gasteiger charge is -2.26. The zero-order chi connectivity index (χ0) is 19.9. The molecule has 0 fully saturated rings. The van der Waals surface area contributed by atoms with Gasteiger partial charge in [0.2, 0.25) is 0 Å². The number of nitrogens with zero attached hydrogens (tertiary/aromatic N) is 2. The fraction of sp³-hybridized carbons (Fsp3) is 0.429. The highest BCUT2D eigenvalue weighted by Gasteiger charge is 2.24. The summed E-state index contributed by atoms with van der Waals surface area (Å²) < 4.78 is 12.0. The highest BCUT2D eigenvalue weighted by molar-refractivity contribution is 6.49. The Balaban J connectivity index is 2.15. The lowest BCUT2D eigenvalue weighted by Crippen LogP contribution is -2.18. The summed E-state index contributed by atoms with van der Waals surface area (Å²) >= 11 is 0. The average Bonchev–Trinajstić information content (AvgIpc) is 2.61.